The lowest BCUT2D eigenvalue weighted by Gasteiger charge is -2.24. The summed E-state index contributed by atoms with van der Waals surface area (Å²) in [6.45, 7) is 4.13. The van der Waals surface area contributed by atoms with Gasteiger partial charge < -0.3 is 5.32 Å². The van der Waals surface area contributed by atoms with Crippen LogP contribution in [0.25, 0.3) is 0 Å². The molecule has 0 saturated heterocycles. The molecule has 1 atom stereocenters. The molecular weight excluding hydrogens is 365 g/mol. The van der Waals surface area contributed by atoms with Crippen LogP contribution in [0.1, 0.15) is 23.6 Å². The largest absolute Gasteiger partial charge is 0.418 e. The van der Waals surface area contributed by atoms with Gasteiger partial charge in [0.15, 0.2) is 0 Å². The normalized spacial score (nSPS) is 12.9. The molecule has 7 heteroatoms. The molecule has 140 valence electrons. The number of anilines is 1. The average Bonchev–Trinajstić information content (AvgIpc) is 2.56. The van der Waals surface area contributed by atoms with Gasteiger partial charge in [0.05, 0.1) is 17.3 Å². The minimum atomic E-state index is -4.61. The van der Waals surface area contributed by atoms with E-state index in [1.54, 1.807) is 18.9 Å². The minimum Gasteiger partial charge on any atom is -0.324 e. The van der Waals surface area contributed by atoms with E-state index in [1.165, 1.54) is 6.07 Å². The fourth-order valence-electron chi connectivity index (χ4n) is 2.42. The maximum Gasteiger partial charge on any atom is 0.418 e. The van der Waals surface area contributed by atoms with Crippen molar-refractivity contribution in [1.82, 2.24) is 4.90 Å². The van der Waals surface area contributed by atoms with E-state index in [9.17, 15) is 18.0 Å². The number of halogens is 4. The van der Waals surface area contributed by atoms with E-state index in [0.29, 0.717) is 6.54 Å². The number of amides is 1. The van der Waals surface area contributed by atoms with E-state index in [-0.39, 0.29) is 10.7 Å². The third kappa shape index (κ3) is 5.22. The third-order valence-electron chi connectivity index (χ3n) is 4.14. The summed E-state index contributed by atoms with van der Waals surface area (Å²) in [6.07, 6.45) is -4.61. The average molecular weight is 385 g/mol. The highest BCUT2D eigenvalue weighted by Gasteiger charge is 2.34. The van der Waals surface area contributed by atoms with Crippen LogP contribution in [0.3, 0.4) is 0 Å². The lowest BCUT2D eigenvalue weighted by atomic mass is 10.1. The van der Waals surface area contributed by atoms with Crippen molar-refractivity contribution in [2.45, 2.75) is 32.6 Å². The van der Waals surface area contributed by atoms with Crippen LogP contribution in [0.15, 0.2) is 42.5 Å². The van der Waals surface area contributed by atoms with Gasteiger partial charge in [-0.3, -0.25) is 9.69 Å². The van der Waals surface area contributed by atoms with Crippen LogP contribution >= 0.6 is 11.6 Å². The molecule has 0 heterocycles. The summed E-state index contributed by atoms with van der Waals surface area (Å²) in [7, 11) is 1.75. The molecular formula is C19H20ClF3N2O. The first-order valence-corrected chi connectivity index (χ1v) is 8.39. The van der Waals surface area contributed by atoms with Gasteiger partial charge in [-0.25, -0.2) is 0 Å². The van der Waals surface area contributed by atoms with Crippen LogP contribution in [-0.2, 0) is 17.5 Å². The van der Waals surface area contributed by atoms with E-state index >= 15 is 0 Å². The van der Waals surface area contributed by atoms with Gasteiger partial charge in [-0.2, -0.15) is 13.2 Å². The third-order valence-corrected chi connectivity index (χ3v) is 4.37. The zero-order valence-corrected chi connectivity index (χ0v) is 15.4. The minimum absolute atomic E-state index is 0.0418. The number of likely N-dealkylation sites (N-methyl/N-ethyl adjacent to an activating group) is 1. The molecule has 2 rings (SSSR count). The number of hydrogen-bond acceptors (Lipinski definition) is 2. The van der Waals surface area contributed by atoms with E-state index in [2.05, 4.69) is 5.32 Å². The van der Waals surface area contributed by atoms with Crippen molar-refractivity contribution < 1.29 is 18.0 Å². The Bertz CT molecular complexity index is 775. The number of carbonyl (C=O) groups is 1. The number of benzene rings is 2. The second-order valence-corrected chi connectivity index (χ2v) is 6.69. The Labute approximate surface area is 155 Å². The molecule has 1 N–H and O–H groups in total. The molecule has 1 amide bonds. The lowest BCUT2D eigenvalue weighted by molar-refractivity contribution is -0.137. The molecule has 3 nitrogen and oxygen atoms in total. The maximum atomic E-state index is 13.1. The van der Waals surface area contributed by atoms with Crippen molar-refractivity contribution >= 4 is 23.2 Å². The summed E-state index contributed by atoms with van der Waals surface area (Å²) < 4.78 is 39.4. The number of carbonyl (C=O) groups excluding carboxylic acids is 1. The monoisotopic (exact) mass is 384 g/mol. The summed E-state index contributed by atoms with van der Waals surface area (Å²) in [6, 6.07) is 10.5. The Morgan fingerprint density at radius 1 is 1.19 bits per heavy atom. The molecule has 0 aliphatic heterocycles. The van der Waals surface area contributed by atoms with Gasteiger partial charge in [-0.1, -0.05) is 41.4 Å². The Hall–Kier alpha value is -2.05. The molecule has 0 spiro atoms. The Kier molecular flexibility index (Phi) is 6.31. The Balaban J connectivity index is 2.10. The van der Waals surface area contributed by atoms with Crippen molar-refractivity contribution in [2.24, 2.45) is 0 Å². The molecule has 0 bridgehead atoms. The number of hydrogen-bond donors (Lipinski definition) is 1. The molecule has 0 aliphatic rings. The molecule has 0 aromatic heterocycles. The summed E-state index contributed by atoms with van der Waals surface area (Å²) in [5.41, 5.74) is 0.874. The van der Waals surface area contributed by atoms with E-state index < -0.39 is 23.7 Å². The number of nitrogens with one attached hydrogen (secondary N) is 1. The van der Waals surface area contributed by atoms with Crippen molar-refractivity contribution in [3.8, 4) is 0 Å². The summed E-state index contributed by atoms with van der Waals surface area (Å²) in [5, 5.41) is 2.32. The number of alkyl halides is 3. The predicted molar refractivity (Wildman–Crippen MR) is 97.2 cm³/mol. The molecule has 0 aliphatic carbocycles. The second kappa shape index (κ2) is 8.10. The van der Waals surface area contributed by atoms with Gasteiger partial charge >= 0.3 is 6.18 Å². The first-order valence-electron chi connectivity index (χ1n) is 8.01. The quantitative estimate of drug-likeness (QED) is 0.775. The smallest absolute Gasteiger partial charge is 0.324 e. The van der Waals surface area contributed by atoms with E-state index in [0.717, 1.165) is 23.3 Å². The standard InChI is InChI=1S/C19H20ClF3N2O/c1-12-4-6-14(7-5-12)11-25(3)13(2)18(26)24-17-9-8-15(20)10-16(17)19(21,22)23/h4-10,13H,11H2,1-3H3,(H,24,26)/t13-/m1/s1. The Morgan fingerprint density at radius 3 is 2.38 bits per heavy atom. The summed E-state index contributed by atoms with van der Waals surface area (Å²) in [4.78, 5) is 14.2. The molecule has 26 heavy (non-hydrogen) atoms. The highest BCUT2D eigenvalue weighted by atomic mass is 35.5. The number of rotatable bonds is 5. The van der Waals surface area contributed by atoms with Crippen molar-refractivity contribution in [3.63, 3.8) is 0 Å². The zero-order valence-electron chi connectivity index (χ0n) is 14.7. The SMILES string of the molecule is Cc1ccc(CN(C)[C@H](C)C(=O)Nc2ccc(Cl)cc2C(F)(F)F)cc1. The van der Waals surface area contributed by atoms with E-state index in [1.807, 2.05) is 31.2 Å². The second-order valence-electron chi connectivity index (χ2n) is 6.25. The van der Waals surface area contributed by atoms with Crippen molar-refractivity contribution in [2.75, 3.05) is 12.4 Å². The van der Waals surface area contributed by atoms with Crippen LogP contribution in [-0.4, -0.2) is 23.9 Å². The maximum absolute atomic E-state index is 13.1. The van der Waals surface area contributed by atoms with Crippen LogP contribution in [0.5, 0.6) is 0 Å². The van der Waals surface area contributed by atoms with Crippen molar-refractivity contribution in [3.05, 3.63) is 64.2 Å². The number of nitrogens with zero attached hydrogens (tertiary/aromatic N) is 1. The number of aryl methyl sites for hydroxylation is 1. The van der Waals surface area contributed by atoms with Crippen LogP contribution in [0.2, 0.25) is 5.02 Å². The first-order chi connectivity index (χ1) is 12.1. The van der Waals surface area contributed by atoms with Crippen LogP contribution < -0.4 is 5.32 Å². The highest BCUT2D eigenvalue weighted by molar-refractivity contribution is 6.30. The van der Waals surface area contributed by atoms with Crippen molar-refractivity contribution in [1.29, 1.82) is 0 Å². The fraction of sp³-hybridized carbons (Fsp3) is 0.316. The van der Waals surface area contributed by atoms with Gasteiger partial charge in [0.25, 0.3) is 0 Å². The molecule has 0 fully saturated rings. The zero-order chi connectivity index (χ0) is 19.5. The van der Waals surface area contributed by atoms with Gasteiger partial charge in [-0.05, 0) is 44.7 Å². The summed E-state index contributed by atoms with van der Waals surface area (Å²) in [5.74, 6) is -0.521. The van der Waals surface area contributed by atoms with Crippen LogP contribution in [0.4, 0.5) is 18.9 Å². The molecule has 0 saturated carbocycles. The highest BCUT2D eigenvalue weighted by Crippen LogP contribution is 2.36. The first kappa shape index (κ1) is 20.3. The van der Waals surface area contributed by atoms with Crippen LogP contribution in [0, 0.1) is 6.92 Å². The van der Waals surface area contributed by atoms with Gasteiger partial charge in [0.2, 0.25) is 5.91 Å². The Morgan fingerprint density at radius 2 is 1.81 bits per heavy atom. The predicted octanol–water partition coefficient (Wildman–Crippen LogP) is 5.13. The fourth-order valence-corrected chi connectivity index (χ4v) is 2.59. The van der Waals surface area contributed by atoms with E-state index in [4.69, 9.17) is 11.6 Å². The van der Waals surface area contributed by atoms with Gasteiger partial charge in [0, 0.05) is 11.6 Å². The molecule has 0 unspecified atom stereocenters. The molecule has 2 aromatic carbocycles. The van der Waals surface area contributed by atoms with Gasteiger partial charge in [-0.15, -0.1) is 0 Å². The molecule has 0 radical (unpaired) electrons. The topological polar surface area (TPSA) is 32.3 Å². The summed E-state index contributed by atoms with van der Waals surface area (Å²) >= 11 is 5.65. The van der Waals surface area contributed by atoms with Gasteiger partial charge in [0.1, 0.15) is 0 Å². The molecule has 2 aromatic rings. The lowest BCUT2D eigenvalue weighted by Crippen LogP contribution is -2.39.